The molecule has 6 nitrogen and oxygen atoms in total. The normalized spacial score (nSPS) is 22.5. The monoisotopic (exact) mass is 463 g/mol. The number of ketones is 1. The average molecular weight is 463 g/mol. The first-order chi connectivity index (χ1) is 15.8. The Hall–Kier alpha value is -3.07. The summed E-state index contributed by atoms with van der Waals surface area (Å²) in [5, 5.41) is 0. The Morgan fingerprint density at radius 2 is 1.73 bits per heavy atom. The standard InChI is InChI=1S/C24H24F3NO5/c1-31-21-11-16(7-8-20(21)24(25,26)27)22(29)17-9-18-13-32-14-19(10-17)28(18)23(30)33-12-15-5-3-2-4-6-15/h2-8,11,17-19H,9-10,12-14H2,1H3. The van der Waals surface area contributed by atoms with E-state index in [0.29, 0.717) is 12.8 Å². The third-order valence-corrected chi connectivity index (χ3v) is 6.10. The van der Waals surface area contributed by atoms with Crippen LogP contribution < -0.4 is 4.74 Å². The van der Waals surface area contributed by atoms with Crippen LogP contribution in [0.1, 0.15) is 34.3 Å². The molecule has 2 aromatic carbocycles. The molecule has 2 saturated heterocycles. The second-order valence-corrected chi connectivity index (χ2v) is 8.24. The average Bonchev–Trinajstić information content (AvgIpc) is 2.80. The van der Waals surface area contributed by atoms with Gasteiger partial charge < -0.3 is 14.2 Å². The Balaban J connectivity index is 1.46. The van der Waals surface area contributed by atoms with Crippen molar-refractivity contribution in [1.29, 1.82) is 0 Å². The fourth-order valence-corrected chi connectivity index (χ4v) is 4.54. The molecule has 0 N–H and O–H groups in total. The molecular formula is C24H24F3NO5. The number of alkyl halides is 3. The minimum atomic E-state index is -4.58. The lowest BCUT2D eigenvalue weighted by atomic mass is 9.80. The largest absolute Gasteiger partial charge is 0.496 e. The van der Waals surface area contributed by atoms with Gasteiger partial charge in [0, 0.05) is 11.5 Å². The van der Waals surface area contributed by atoms with Crippen LogP contribution in [0.2, 0.25) is 0 Å². The van der Waals surface area contributed by atoms with Crippen molar-refractivity contribution in [3.63, 3.8) is 0 Å². The van der Waals surface area contributed by atoms with Crippen LogP contribution in [0, 0.1) is 5.92 Å². The van der Waals surface area contributed by atoms with E-state index in [4.69, 9.17) is 14.2 Å². The Bertz CT molecular complexity index is 997. The number of carbonyl (C=O) groups is 2. The molecule has 2 fully saturated rings. The SMILES string of the molecule is COc1cc(C(=O)C2CC3COCC(C2)N3C(=O)OCc2ccccc2)ccc1C(F)(F)F. The molecule has 2 aliphatic heterocycles. The van der Waals surface area contributed by atoms with Gasteiger partial charge >= 0.3 is 12.3 Å². The molecule has 2 aliphatic rings. The van der Waals surface area contributed by atoms with E-state index >= 15 is 0 Å². The lowest BCUT2D eigenvalue weighted by Crippen LogP contribution is -2.59. The topological polar surface area (TPSA) is 65.1 Å². The molecule has 2 unspecified atom stereocenters. The van der Waals surface area contributed by atoms with Crippen molar-refractivity contribution in [2.75, 3.05) is 20.3 Å². The van der Waals surface area contributed by atoms with Crippen molar-refractivity contribution in [2.24, 2.45) is 5.92 Å². The quantitative estimate of drug-likeness (QED) is 0.601. The number of methoxy groups -OCH3 is 1. The van der Waals surface area contributed by atoms with Crippen molar-refractivity contribution < 1.29 is 37.0 Å². The van der Waals surface area contributed by atoms with E-state index in [1.807, 2.05) is 30.3 Å². The number of nitrogens with zero attached hydrogens (tertiary/aromatic N) is 1. The number of rotatable bonds is 5. The number of amides is 1. The third kappa shape index (κ3) is 4.98. The Kier molecular flexibility index (Phi) is 6.60. The van der Waals surface area contributed by atoms with Crippen LogP contribution in [0.4, 0.5) is 18.0 Å². The molecule has 0 spiro atoms. The number of fused-ring (bicyclic) bond motifs is 2. The van der Waals surface area contributed by atoms with Crippen LogP contribution in [0.15, 0.2) is 48.5 Å². The van der Waals surface area contributed by atoms with Gasteiger partial charge in [-0.3, -0.25) is 9.69 Å². The zero-order valence-corrected chi connectivity index (χ0v) is 18.0. The van der Waals surface area contributed by atoms with Crippen LogP contribution in [0.25, 0.3) is 0 Å². The van der Waals surface area contributed by atoms with Gasteiger partial charge in [0.15, 0.2) is 5.78 Å². The maximum atomic E-state index is 13.1. The molecule has 4 rings (SSSR count). The van der Waals surface area contributed by atoms with Crippen LogP contribution in [-0.4, -0.2) is 49.2 Å². The van der Waals surface area contributed by atoms with Gasteiger partial charge in [-0.15, -0.1) is 0 Å². The van der Waals surface area contributed by atoms with E-state index in [9.17, 15) is 22.8 Å². The summed E-state index contributed by atoms with van der Waals surface area (Å²) in [5.41, 5.74) is 0.0975. The molecule has 0 saturated carbocycles. The van der Waals surface area contributed by atoms with Gasteiger partial charge in [-0.25, -0.2) is 4.79 Å². The second kappa shape index (κ2) is 9.43. The highest BCUT2D eigenvalue weighted by atomic mass is 19.4. The van der Waals surface area contributed by atoms with E-state index < -0.39 is 23.8 Å². The minimum Gasteiger partial charge on any atom is -0.496 e. The summed E-state index contributed by atoms with van der Waals surface area (Å²) in [5.74, 6) is -1.10. The predicted octanol–water partition coefficient (Wildman–Crippen LogP) is 4.71. The summed E-state index contributed by atoms with van der Waals surface area (Å²) in [6, 6.07) is 11.8. The molecule has 2 bridgehead atoms. The van der Waals surface area contributed by atoms with Crippen LogP contribution >= 0.6 is 0 Å². The minimum absolute atomic E-state index is 0.143. The fourth-order valence-electron chi connectivity index (χ4n) is 4.54. The maximum absolute atomic E-state index is 13.1. The molecule has 0 radical (unpaired) electrons. The first-order valence-electron chi connectivity index (χ1n) is 10.6. The predicted molar refractivity (Wildman–Crippen MR) is 112 cm³/mol. The molecule has 2 atom stereocenters. The number of carbonyl (C=O) groups excluding carboxylic acids is 2. The zero-order chi connectivity index (χ0) is 23.6. The molecule has 2 aromatic rings. The number of hydrogen-bond donors (Lipinski definition) is 0. The van der Waals surface area contributed by atoms with Crippen LogP contribution in [-0.2, 0) is 22.3 Å². The number of piperidine rings is 1. The smallest absolute Gasteiger partial charge is 0.419 e. The van der Waals surface area contributed by atoms with Gasteiger partial charge in [0.05, 0.1) is 38.0 Å². The third-order valence-electron chi connectivity index (χ3n) is 6.10. The second-order valence-electron chi connectivity index (χ2n) is 8.24. The first kappa shape index (κ1) is 23.1. The highest BCUT2D eigenvalue weighted by Gasteiger charge is 2.45. The van der Waals surface area contributed by atoms with E-state index in [-0.39, 0.29) is 49.0 Å². The number of hydrogen-bond acceptors (Lipinski definition) is 5. The molecular weight excluding hydrogens is 439 g/mol. The molecule has 0 aromatic heterocycles. The molecule has 2 heterocycles. The van der Waals surface area contributed by atoms with Crippen molar-refractivity contribution in [3.8, 4) is 5.75 Å². The summed E-state index contributed by atoms with van der Waals surface area (Å²) in [7, 11) is 1.14. The number of halogens is 3. The fraction of sp³-hybridized carbons (Fsp3) is 0.417. The van der Waals surface area contributed by atoms with Crippen LogP contribution in [0.5, 0.6) is 5.75 Å². The number of morpholine rings is 1. The summed E-state index contributed by atoms with van der Waals surface area (Å²) in [6.45, 7) is 0.693. The van der Waals surface area contributed by atoms with Gasteiger partial charge in [-0.1, -0.05) is 36.4 Å². The summed E-state index contributed by atoms with van der Waals surface area (Å²) in [4.78, 5) is 27.6. The van der Waals surface area contributed by atoms with Gasteiger partial charge in [0.1, 0.15) is 12.4 Å². The van der Waals surface area contributed by atoms with Gasteiger partial charge in [0.25, 0.3) is 0 Å². The Morgan fingerprint density at radius 3 is 2.33 bits per heavy atom. The number of benzene rings is 2. The van der Waals surface area contributed by atoms with Crippen LogP contribution in [0.3, 0.4) is 0 Å². The molecule has 0 aliphatic carbocycles. The molecule has 9 heteroatoms. The molecule has 33 heavy (non-hydrogen) atoms. The number of Topliss-reactive ketones (excluding diaryl/α,β-unsaturated/α-hetero) is 1. The Labute approximate surface area is 189 Å². The highest BCUT2D eigenvalue weighted by molar-refractivity contribution is 5.98. The highest BCUT2D eigenvalue weighted by Crippen LogP contribution is 2.38. The number of ether oxygens (including phenoxy) is 3. The lowest BCUT2D eigenvalue weighted by molar-refractivity contribution is -0.138. The summed E-state index contributed by atoms with van der Waals surface area (Å²) >= 11 is 0. The van der Waals surface area contributed by atoms with Gasteiger partial charge in [-0.05, 0) is 30.5 Å². The van der Waals surface area contributed by atoms with E-state index in [0.717, 1.165) is 24.8 Å². The lowest BCUT2D eigenvalue weighted by Gasteiger charge is -2.47. The van der Waals surface area contributed by atoms with Crippen molar-refractivity contribution in [2.45, 2.75) is 37.7 Å². The van der Waals surface area contributed by atoms with Gasteiger partial charge in [0.2, 0.25) is 0 Å². The van der Waals surface area contributed by atoms with Crippen molar-refractivity contribution in [1.82, 2.24) is 4.90 Å². The van der Waals surface area contributed by atoms with E-state index in [2.05, 4.69) is 0 Å². The van der Waals surface area contributed by atoms with E-state index in [1.165, 1.54) is 6.07 Å². The Morgan fingerprint density at radius 1 is 1.06 bits per heavy atom. The van der Waals surface area contributed by atoms with Crippen molar-refractivity contribution in [3.05, 3.63) is 65.2 Å². The molecule has 176 valence electrons. The van der Waals surface area contributed by atoms with Gasteiger partial charge in [-0.2, -0.15) is 13.2 Å². The molecule has 1 amide bonds. The summed E-state index contributed by atoms with van der Waals surface area (Å²) in [6.07, 6.45) is -4.34. The van der Waals surface area contributed by atoms with Crippen molar-refractivity contribution >= 4 is 11.9 Å². The summed E-state index contributed by atoms with van der Waals surface area (Å²) < 4.78 is 55.4. The first-order valence-corrected chi connectivity index (χ1v) is 10.6. The van der Waals surface area contributed by atoms with E-state index in [1.54, 1.807) is 4.90 Å². The maximum Gasteiger partial charge on any atom is 0.419 e. The zero-order valence-electron chi connectivity index (χ0n) is 18.0.